The summed E-state index contributed by atoms with van der Waals surface area (Å²) in [5.41, 5.74) is 0.658. The van der Waals surface area contributed by atoms with Crippen LogP contribution in [0.2, 0.25) is 0 Å². The minimum Gasteiger partial charge on any atom is -0.466 e. The van der Waals surface area contributed by atoms with Gasteiger partial charge in [0.25, 0.3) is 5.91 Å². The summed E-state index contributed by atoms with van der Waals surface area (Å²) in [4.78, 5) is 13.6. The van der Waals surface area contributed by atoms with Crippen LogP contribution in [0.5, 0.6) is 0 Å². The lowest BCUT2D eigenvalue weighted by Crippen LogP contribution is -2.32. The Morgan fingerprint density at radius 1 is 1.53 bits per heavy atom. The molecule has 0 unspecified atom stereocenters. The van der Waals surface area contributed by atoms with Gasteiger partial charge in [-0.05, 0) is 27.0 Å². The average Bonchev–Trinajstić information content (AvgIpc) is 2.53. The number of hydrogen-bond donors (Lipinski definition) is 1. The number of nitrogens with zero attached hydrogens (tertiary/aromatic N) is 1. The zero-order valence-electron chi connectivity index (χ0n) is 9.76. The van der Waals surface area contributed by atoms with Crippen LogP contribution in [0, 0.1) is 13.8 Å². The fourth-order valence-electron chi connectivity index (χ4n) is 1.43. The number of amides is 1. The van der Waals surface area contributed by atoms with E-state index in [0.29, 0.717) is 17.9 Å². The second-order valence-corrected chi connectivity index (χ2v) is 3.66. The van der Waals surface area contributed by atoms with Gasteiger partial charge >= 0.3 is 0 Å². The number of aryl methyl sites for hydroxylation is 2. The molecule has 0 saturated carbocycles. The van der Waals surface area contributed by atoms with E-state index in [-0.39, 0.29) is 5.91 Å². The number of rotatable bonds is 4. The van der Waals surface area contributed by atoms with Crippen molar-refractivity contribution in [3.8, 4) is 0 Å². The Kier molecular flexibility index (Phi) is 3.91. The minimum absolute atomic E-state index is 0.0135. The summed E-state index contributed by atoms with van der Waals surface area (Å²) in [5.74, 6) is 1.48. The Hall–Kier alpha value is -1.29. The molecule has 84 valence electrons. The summed E-state index contributed by atoms with van der Waals surface area (Å²) in [7, 11) is 3.66. The molecule has 1 heterocycles. The largest absolute Gasteiger partial charge is 0.466 e. The van der Waals surface area contributed by atoms with E-state index in [1.165, 1.54) is 0 Å². The highest BCUT2D eigenvalue weighted by atomic mass is 16.3. The van der Waals surface area contributed by atoms with Crippen LogP contribution < -0.4 is 5.32 Å². The van der Waals surface area contributed by atoms with Crippen LogP contribution in [0.3, 0.4) is 0 Å². The molecule has 4 nitrogen and oxygen atoms in total. The molecule has 1 aromatic rings. The summed E-state index contributed by atoms with van der Waals surface area (Å²) in [6.45, 7) is 5.14. The third kappa shape index (κ3) is 2.83. The molecule has 0 aliphatic heterocycles. The molecule has 0 radical (unpaired) electrons. The molecule has 1 rings (SSSR count). The van der Waals surface area contributed by atoms with Gasteiger partial charge in [-0.15, -0.1) is 0 Å². The van der Waals surface area contributed by atoms with Crippen molar-refractivity contribution in [3.05, 3.63) is 23.2 Å². The van der Waals surface area contributed by atoms with Crippen LogP contribution >= 0.6 is 0 Å². The molecule has 0 bridgehead atoms. The number of likely N-dealkylation sites (N-methyl/N-ethyl adjacent to an activating group) is 2. The Bertz CT molecular complexity index is 344. The van der Waals surface area contributed by atoms with E-state index in [9.17, 15) is 4.79 Å². The Labute approximate surface area is 90.3 Å². The van der Waals surface area contributed by atoms with Gasteiger partial charge in [0.15, 0.2) is 0 Å². The van der Waals surface area contributed by atoms with E-state index in [4.69, 9.17) is 4.42 Å². The van der Waals surface area contributed by atoms with E-state index < -0.39 is 0 Å². The van der Waals surface area contributed by atoms with Crippen molar-refractivity contribution in [3.63, 3.8) is 0 Å². The highest BCUT2D eigenvalue weighted by Crippen LogP contribution is 2.15. The Morgan fingerprint density at radius 3 is 2.67 bits per heavy atom. The molecular formula is C11H18N2O2. The molecule has 15 heavy (non-hydrogen) atoms. The second kappa shape index (κ2) is 4.98. The van der Waals surface area contributed by atoms with Crippen LogP contribution in [-0.2, 0) is 0 Å². The summed E-state index contributed by atoms with van der Waals surface area (Å²) < 4.78 is 5.33. The highest BCUT2D eigenvalue weighted by Gasteiger charge is 2.16. The quantitative estimate of drug-likeness (QED) is 0.812. The van der Waals surface area contributed by atoms with Crippen molar-refractivity contribution >= 4 is 5.91 Å². The maximum absolute atomic E-state index is 11.9. The van der Waals surface area contributed by atoms with Gasteiger partial charge in [0, 0.05) is 20.1 Å². The first-order chi connectivity index (χ1) is 7.06. The predicted molar refractivity (Wildman–Crippen MR) is 59.1 cm³/mol. The van der Waals surface area contributed by atoms with Crippen molar-refractivity contribution in [2.24, 2.45) is 0 Å². The molecule has 1 aromatic heterocycles. The van der Waals surface area contributed by atoms with Gasteiger partial charge in [-0.2, -0.15) is 0 Å². The van der Waals surface area contributed by atoms with Gasteiger partial charge in [-0.1, -0.05) is 0 Å². The average molecular weight is 210 g/mol. The number of carbonyl (C=O) groups excluding carboxylic acids is 1. The smallest absolute Gasteiger partial charge is 0.257 e. The SMILES string of the molecule is CNCCN(C)C(=O)c1cc(C)oc1C. The van der Waals surface area contributed by atoms with Crippen molar-refractivity contribution in [1.82, 2.24) is 10.2 Å². The van der Waals surface area contributed by atoms with Crippen LogP contribution in [0.25, 0.3) is 0 Å². The van der Waals surface area contributed by atoms with Gasteiger partial charge in [-0.3, -0.25) is 4.79 Å². The topological polar surface area (TPSA) is 45.5 Å². The van der Waals surface area contributed by atoms with E-state index in [0.717, 1.165) is 12.3 Å². The van der Waals surface area contributed by atoms with E-state index in [1.54, 1.807) is 18.0 Å². The van der Waals surface area contributed by atoms with Gasteiger partial charge in [-0.25, -0.2) is 0 Å². The van der Waals surface area contributed by atoms with E-state index in [1.807, 2.05) is 20.9 Å². The molecule has 0 fully saturated rings. The lowest BCUT2D eigenvalue weighted by Gasteiger charge is -2.16. The normalized spacial score (nSPS) is 10.4. The number of hydrogen-bond acceptors (Lipinski definition) is 3. The van der Waals surface area contributed by atoms with Gasteiger partial charge in [0.05, 0.1) is 5.56 Å². The molecule has 0 aliphatic rings. The van der Waals surface area contributed by atoms with Crippen LogP contribution in [0.4, 0.5) is 0 Å². The van der Waals surface area contributed by atoms with Crippen LogP contribution in [0.1, 0.15) is 21.9 Å². The molecule has 0 aromatic carbocycles. The third-order valence-corrected chi connectivity index (χ3v) is 2.32. The number of carbonyl (C=O) groups is 1. The van der Waals surface area contributed by atoms with E-state index >= 15 is 0 Å². The first-order valence-electron chi connectivity index (χ1n) is 5.03. The van der Waals surface area contributed by atoms with Crippen LogP contribution in [0.15, 0.2) is 10.5 Å². The maximum atomic E-state index is 11.9. The van der Waals surface area contributed by atoms with Gasteiger partial charge in [0.2, 0.25) is 0 Å². The zero-order chi connectivity index (χ0) is 11.4. The molecule has 1 amide bonds. The predicted octanol–water partition coefficient (Wildman–Crippen LogP) is 1.19. The highest BCUT2D eigenvalue weighted by molar-refractivity contribution is 5.95. The first kappa shape index (κ1) is 11.8. The summed E-state index contributed by atoms with van der Waals surface area (Å²) >= 11 is 0. The van der Waals surface area contributed by atoms with Gasteiger partial charge < -0.3 is 14.6 Å². The standard InChI is InChI=1S/C11H18N2O2/c1-8-7-10(9(2)15-8)11(14)13(4)6-5-12-3/h7,12H,5-6H2,1-4H3. The van der Waals surface area contributed by atoms with Crippen molar-refractivity contribution < 1.29 is 9.21 Å². The summed E-state index contributed by atoms with van der Waals surface area (Å²) in [6, 6.07) is 1.79. The molecule has 0 spiro atoms. The van der Waals surface area contributed by atoms with Gasteiger partial charge in [0.1, 0.15) is 11.5 Å². The summed E-state index contributed by atoms with van der Waals surface area (Å²) in [5, 5.41) is 3.01. The Morgan fingerprint density at radius 2 is 2.20 bits per heavy atom. The third-order valence-electron chi connectivity index (χ3n) is 2.32. The zero-order valence-corrected chi connectivity index (χ0v) is 9.76. The van der Waals surface area contributed by atoms with Crippen LogP contribution in [-0.4, -0.2) is 38.0 Å². The Balaban J connectivity index is 2.71. The molecule has 0 atom stereocenters. The maximum Gasteiger partial charge on any atom is 0.257 e. The number of furan rings is 1. The number of nitrogens with one attached hydrogen (secondary N) is 1. The minimum atomic E-state index is 0.0135. The second-order valence-electron chi connectivity index (χ2n) is 3.66. The van der Waals surface area contributed by atoms with Crippen molar-refractivity contribution in [1.29, 1.82) is 0 Å². The van der Waals surface area contributed by atoms with Crippen molar-refractivity contribution in [2.75, 3.05) is 27.2 Å². The first-order valence-corrected chi connectivity index (χ1v) is 5.03. The fraction of sp³-hybridized carbons (Fsp3) is 0.545. The molecular weight excluding hydrogens is 192 g/mol. The van der Waals surface area contributed by atoms with E-state index in [2.05, 4.69) is 5.32 Å². The monoisotopic (exact) mass is 210 g/mol. The fourth-order valence-corrected chi connectivity index (χ4v) is 1.43. The lowest BCUT2D eigenvalue weighted by molar-refractivity contribution is 0.0795. The lowest BCUT2D eigenvalue weighted by atomic mass is 10.2. The molecule has 0 aliphatic carbocycles. The van der Waals surface area contributed by atoms with Crippen molar-refractivity contribution in [2.45, 2.75) is 13.8 Å². The molecule has 0 saturated heterocycles. The summed E-state index contributed by atoms with van der Waals surface area (Å²) in [6.07, 6.45) is 0. The molecule has 4 heteroatoms. The molecule has 1 N–H and O–H groups in total.